The predicted molar refractivity (Wildman–Crippen MR) is 66.8 cm³/mol. The Balaban J connectivity index is 2.20. The van der Waals surface area contributed by atoms with Gasteiger partial charge >= 0.3 is 5.97 Å². The van der Waals surface area contributed by atoms with E-state index >= 15 is 0 Å². The molecule has 6 nitrogen and oxygen atoms in total. The Morgan fingerprint density at radius 2 is 2.33 bits per heavy atom. The first-order valence-corrected chi connectivity index (χ1v) is 6.91. The molecule has 0 amide bonds. The Bertz CT molecular complexity index is 435. The van der Waals surface area contributed by atoms with Gasteiger partial charge in [-0.05, 0) is 26.2 Å². The summed E-state index contributed by atoms with van der Waals surface area (Å²) in [5.74, 6) is -0.0264. The monoisotopic (exact) mass is 271 g/mol. The fraction of sp³-hybridized carbons (Fsp3) is 0.727. The Hall–Kier alpha value is -1.08. The number of carboxylic acid groups (broad SMARTS) is 1. The van der Waals surface area contributed by atoms with Crippen LogP contribution in [0.25, 0.3) is 0 Å². The number of hydrogen-bond acceptors (Lipinski definition) is 5. The molecule has 1 N–H and O–H groups in total. The van der Waals surface area contributed by atoms with Crippen molar-refractivity contribution >= 4 is 17.7 Å². The minimum Gasteiger partial charge on any atom is -0.481 e. The summed E-state index contributed by atoms with van der Waals surface area (Å²) in [5, 5.41) is 17.5. The van der Waals surface area contributed by atoms with E-state index in [-0.39, 0.29) is 17.9 Å². The molecule has 1 heterocycles. The van der Waals surface area contributed by atoms with Gasteiger partial charge in [0.25, 0.3) is 0 Å². The smallest absolute Gasteiger partial charge is 0.313 e. The molecule has 1 aromatic heterocycles. The van der Waals surface area contributed by atoms with Gasteiger partial charge in [-0.3, -0.25) is 4.79 Å². The zero-order chi connectivity index (χ0) is 13.1. The maximum atomic E-state index is 10.6. The molecule has 0 bridgehead atoms. The highest BCUT2D eigenvalue weighted by Crippen LogP contribution is 2.35. The van der Waals surface area contributed by atoms with Gasteiger partial charge < -0.3 is 14.4 Å². The molecule has 0 spiro atoms. The summed E-state index contributed by atoms with van der Waals surface area (Å²) in [6.45, 7) is 1.89. The minimum absolute atomic E-state index is 0.00248. The average molecular weight is 271 g/mol. The van der Waals surface area contributed by atoms with Crippen LogP contribution in [0.5, 0.6) is 0 Å². The zero-order valence-corrected chi connectivity index (χ0v) is 11.3. The number of aryl methyl sites for hydroxylation is 1. The van der Waals surface area contributed by atoms with Crippen LogP contribution in [0.15, 0.2) is 5.16 Å². The fourth-order valence-corrected chi connectivity index (χ4v) is 3.19. The molecule has 0 aromatic carbocycles. The van der Waals surface area contributed by atoms with Crippen LogP contribution in [0.3, 0.4) is 0 Å². The molecule has 1 aromatic rings. The van der Waals surface area contributed by atoms with E-state index < -0.39 is 5.97 Å². The highest BCUT2D eigenvalue weighted by molar-refractivity contribution is 7.99. The molecular weight excluding hydrogens is 254 g/mol. The van der Waals surface area contributed by atoms with Crippen LogP contribution in [0.1, 0.15) is 31.1 Å². The Morgan fingerprint density at radius 1 is 1.56 bits per heavy atom. The number of nitrogens with zero attached hydrogens (tertiary/aromatic N) is 3. The van der Waals surface area contributed by atoms with Gasteiger partial charge in [0.2, 0.25) is 0 Å². The second-order valence-electron chi connectivity index (χ2n) is 4.35. The van der Waals surface area contributed by atoms with Crippen molar-refractivity contribution in [3.63, 3.8) is 0 Å². The van der Waals surface area contributed by atoms with E-state index in [2.05, 4.69) is 10.2 Å². The zero-order valence-electron chi connectivity index (χ0n) is 10.5. The molecular formula is C11H17N3O3S. The molecule has 7 heteroatoms. The maximum Gasteiger partial charge on any atom is 0.313 e. The third kappa shape index (κ3) is 2.67. The van der Waals surface area contributed by atoms with Crippen LogP contribution in [0.4, 0.5) is 0 Å². The maximum absolute atomic E-state index is 10.6. The van der Waals surface area contributed by atoms with Gasteiger partial charge in [-0.25, -0.2) is 0 Å². The summed E-state index contributed by atoms with van der Waals surface area (Å²) >= 11 is 1.21. The normalized spacial score (nSPS) is 23.4. The Morgan fingerprint density at radius 3 is 3.00 bits per heavy atom. The second-order valence-corrected chi connectivity index (χ2v) is 5.30. The van der Waals surface area contributed by atoms with Crippen molar-refractivity contribution in [2.75, 3.05) is 12.9 Å². The third-order valence-corrected chi connectivity index (χ3v) is 4.14. The number of thioether (sulfide) groups is 1. The van der Waals surface area contributed by atoms with Gasteiger partial charge in [-0.15, -0.1) is 10.2 Å². The summed E-state index contributed by atoms with van der Waals surface area (Å²) in [5.41, 5.74) is 0. The lowest BCUT2D eigenvalue weighted by molar-refractivity contribution is -0.133. The molecule has 0 radical (unpaired) electrons. The highest BCUT2D eigenvalue weighted by Gasteiger charge is 2.31. The van der Waals surface area contributed by atoms with E-state index in [1.54, 1.807) is 7.11 Å². The molecule has 2 rings (SSSR count). The van der Waals surface area contributed by atoms with Crippen molar-refractivity contribution in [3.8, 4) is 0 Å². The molecule has 1 aliphatic carbocycles. The second kappa shape index (κ2) is 5.71. The number of aromatic nitrogens is 3. The summed E-state index contributed by atoms with van der Waals surface area (Å²) in [6, 6.07) is 0.223. The van der Waals surface area contributed by atoms with Gasteiger partial charge in [-0.1, -0.05) is 11.8 Å². The van der Waals surface area contributed by atoms with E-state index in [0.717, 1.165) is 25.1 Å². The number of methoxy groups -OCH3 is 1. The molecule has 2 unspecified atom stereocenters. The number of aliphatic carboxylic acids is 1. The quantitative estimate of drug-likeness (QED) is 0.818. The van der Waals surface area contributed by atoms with Gasteiger partial charge in [0.15, 0.2) is 5.16 Å². The molecule has 18 heavy (non-hydrogen) atoms. The standard InChI is InChI=1S/C11H17N3O3S/c1-7-12-13-11(18-6-10(15)16)14(7)8-4-3-5-9(8)17-2/h8-9H,3-6H2,1-2H3,(H,15,16). The molecule has 0 aliphatic heterocycles. The van der Waals surface area contributed by atoms with Crippen molar-refractivity contribution in [1.82, 2.24) is 14.8 Å². The van der Waals surface area contributed by atoms with Gasteiger partial charge in [0, 0.05) is 7.11 Å². The summed E-state index contributed by atoms with van der Waals surface area (Å²) in [6.07, 6.45) is 3.34. The third-order valence-electron chi connectivity index (χ3n) is 3.21. The average Bonchev–Trinajstić information content (AvgIpc) is 2.92. The first kappa shape index (κ1) is 13.4. The van der Waals surface area contributed by atoms with Crippen LogP contribution < -0.4 is 0 Å². The molecule has 100 valence electrons. The highest BCUT2D eigenvalue weighted by atomic mass is 32.2. The van der Waals surface area contributed by atoms with Crippen LogP contribution >= 0.6 is 11.8 Å². The van der Waals surface area contributed by atoms with Crippen molar-refractivity contribution in [3.05, 3.63) is 5.82 Å². The van der Waals surface area contributed by atoms with Gasteiger partial charge in [0.1, 0.15) is 5.82 Å². The van der Waals surface area contributed by atoms with Crippen molar-refractivity contribution in [2.45, 2.75) is 43.5 Å². The topological polar surface area (TPSA) is 77.2 Å². The van der Waals surface area contributed by atoms with Gasteiger partial charge in [-0.2, -0.15) is 0 Å². The lowest BCUT2D eigenvalue weighted by Gasteiger charge is -2.21. The number of hydrogen-bond donors (Lipinski definition) is 1. The first-order valence-electron chi connectivity index (χ1n) is 5.92. The van der Waals surface area contributed by atoms with Crippen LogP contribution in [0, 0.1) is 6.92 Å². The van der Waals surface area contributed by atoms with Crippen molar-refractivity contribution < 1.29 is 14.6 Å². The summed E-state index contributed by atoms with van der Waals surface area (Å²) in [7, 11) is 1.72. The largest absolute Gasteiger partial charge is 0.481 e. The minimum atomic E-state index is -0.845. The number of ether oxygens (including phenoxy) is 1. The predicted octanol–water partition coefficient (Wildman–Crippen LogP) is 1.50. The molecule has 1 saturated carbocycles. The van der Waals surface area contributed by atoms with Gasteiger partial charge in [0.05, 0.1) is 17.9 Å². The van der Waals surface area contributed by atoms with E-state index in [1.165, 1.54) is 11.8 Å². The molecule has 2 atom stereocenters. The SMILES string of the molecule is COC1CCCC1n1c(C)nnc1SCC(=O)O. The van der Waals surface area contributed by atoms with Crippen molar-refractivity contribution in [1.29, 1.82) is 0 Å². The van der Waals surface area contributed by atoms with E-state index in [1.807, 2.05) is 11.5 Å². The number of carboxylic acids is 1. The lowest BCUT2D eigenvalue weighted by Crippen LogP contribution is -2.22. The van der Waals surface area contributed by atoms with Crippen LogP contribution in [-0.2, 0) is 9.53 Å². The molecule has 0 saturated heterocycles. The lowest BCUT2D eigenvalue weighted by atomic mass is 10.2. The van der Waals surface area contributed by atoms with E-state index in [4.69, 9.17) is 9.84 Å². The van der Waals surface area contributed by atoms with Crippen LogP contribution in [0.2, 0.25) is 0 Å². The molecule has 1 aliphatic rings. The van der Waals surface area contributed by atoms with E-state index in [0.29, 0.717) is 5.16 Å². The molecule has 1 fully saturated rings. The Labute approximate surface area is 110 Å². The summed E-state index contributed by atoms with van der Waals surface area (Å²) in [4.78, 5) is 10.6. The number of carbonyl (C=O) groups is 1. The van der Waals surface area contributed by atoms with Crippen molar-refractivity contribution in [2.24, 2.45) is 0 Å². The fourth-order valence-electron chi connectivity index (χ4n) is 2.43. The van der Waals surface area contributed by atoms with E-state index in [9.17, 15) is 4.79 Å². The first-order chi connectivity index (χ1) is 8.63. The summed E-state index contributed by atoms with van der Waals surface area (Å²) < 4.78 is 7.50. The Kier molecular flexibility index (Phi) is 4.23. The number of rotatable bonds is 5. The van der Waals surface area contributed by atoms with Crippen LogP contribution in [-0.4, -0.2) is 44.8 Å².